The van der Waals surface area contributed by atoms with Crippen LogP contribution in [0.15, 0.2) is 48.8 Å². The van der Waals surface area contributed by atoms with Crippen molar-refractivity contribution in [1.29, 1.82) is 0 Å². The predicted octanol–water partition coefficient (Wildman–Crippen LogP) is 2.52. The van der Waals surface area contributed by atoms with Crippen molar-refractivity contribution in [3.05, 3.63) is 54.6 Å². The first kappa shape index (κ1) is 12.2. The molecule has 2 aromatic rings. The number of aromatic nitrogens is 2. The highest BCUT2D eigenvalue weighted by Crippen LogP contribution is 2.09. The Morgan fingerprint density at radius 1 is 1.06 bits per heavy atom. The molecule has 0 bridgehead atoms. The molecule has 1 aromatic carbocycles. The van der Waals surface area contributed by atoms with Crippen molar-refractivity contribution >= 4 is 5.78 Å². The van der Waals surface area contributed by atoms with Crippen LogP contribution < -0.4 is 4.74 Å². The number of para-hydroxylation sites is 1. The van der Waals surface area contributed by atoms with Gasteiger partial charge in [-0.05, 0) is 24.6 Å². The molecule has 4 nitrogen and oxygen atoms in total. The van der Waals surface area contributed by atoms with Crippen molar-refractivity contribution in [2.24, 2.45) is 0 Å². The zero-order valence-corrected chi connectivity index (χ0v) is 9.95. The molecule has 0 amide bonds. The number of hydrogen-bond acceptors (Lipinski definition) is 4. The van der Waals surface area contributed by atoms with Gasteiger partial charge in [-0.3, -0.25) is 4.79 Å². The fourth-order valence-electron chi connectivity index (χ4n) is 1.49. The fraction of sp³-hybridized carbons (Fsp3) is 0.214. The van der Waals surface area contributed by atoms with Gasteiger partial charge in [-0.1, -0.05) is 18.2 Å². The smallest absolute Gasteiger partial charge is 0.200 e. The zero-order chi connectivity index (χ0) is 12.6. The summed E-state index contributed by atoms with van der Waals surface area (Å²) in [6.07, 6.45) is 4.20. The summed E-state index contributed by atoms with van der Waals surface area (Å²) in [6.45, 7) is 0.516. The standard InChI is InChI=1S/C14H14N2O2/c17-13(14-15-9-5-10-16-14)8-4-11-18-12-6-2-1-3-7-12/h1-3,5-7,9-10H,4,8,11H2. The first-order valence-electron chi connectivity index (χ1n) is 5.84. The van der Waals surface area contributed by atoms with Gasteiger partial charge in [0, 0.05) is 18.8 Å². The first-order valence-corrected chi connectivity index (χ1v) is 5.84. The van der Waals surface area contributed by atoms with Crippen LogP contribution in [0, 0.1) is 0 Å². The second kappa shape index (κ2) is 6.49. The molecule has 0 unspecified atom stereocenters. The Morgan fingerprint density at radius 2 is 1.78 bits per heavy atom. The van der Waals surface area contributed by atoms with E-state index in [4.69, 9.17) is 4.74 Å². The van der Waals surface area contributed by atoms with Gasteiger partial charge in [-0.2, -0.15) is 0 Å². The molecule has 0 fully saturated rings. The van der Waals surface area contributed by atoms with E-state index < -0.39 is 0 Å². The Hall–Kier alpha value is -2.23. The summed E-state index contributed by atoms with van der Waals surface area (Å²) in [5.41, 5.74) is 0. The monoisotopic (exact) mass is 242 g/mol. The zero-order valence-electron chi connectivity index (χ0n) is 9.95. The van der Waals surface area contributed by atoms with E-state index >= 15 is 0 Å². The van der Waals surface area contributed by atoms with Crippen LogP contribution in [0.1, 0.15) is 23.5 Å². The molecule has 92 valence electrons. The van der Waals surface area contributed by atoms with Crippen molar-refractivity contribution < 1.29 is 9.53 Å². The Morgan fingerprint density at radius 3 is 2.50 bits per heavy atom. The van der Waals surface area contributed by atoms with Crippen LogP contribution in [0.4, 0.5) is 0 Å². The maximum Gasteiger partial charge on any atom is 0.200 e. The van der Waals surface area contributed by atoms with Gasteiger partial charge in [0.25, 0.3) is 0 Å². The highest BCUT2D eigenvalue weighted by atomic mass is 16.5. The SMILES string of the molecule is O=C(CCCOc1ccccc1)c1ncccn1. The number of rotatable bonds is 6. The minimum atomic E-state index is -0.0488. The Balaban J connectivity index is 1.72. The number of hydrogen-bond donors (Lipinski definition) is 0. The highest BCUT2D eigenvalue weighted by molar-refractivity contribution is 5.92. The summed E-state index contributed by atoms with van der Waals surface area (Å²) in [5.74, 6) is 1.05. The summed E-state index contributed by atoms with van der Waals surface area (Å²) in [7, 11) is 0. The summed E-state index contributed by atoms with van der Waals surface area (Å²) in [6, 6.07) is 11.2. The topological polar surface area (TPSA) is 52.1 Å². The molecule has 0 saturated carbocycles. The summed E-state index contributed by atoms with van der Waals surface area (Å²) in [5, 5.41) is 0. The Bertz CT molecular complexity index is 486. The van der Waals surface area contributed by atoms with Crippen LogP contribution in [0.5, 0.6) is 5.75 Å². The van der Waals surface area contributed by atoms with E-state index in [2.05, 4.69) is 9.97 Å². The molecule has 0 saturated heterocycles. The minimum Gasteiger partial charge on any atom is -0.494 e. The average Bonchev–Trinajstić information content (AvgIpc) is 2.45. The molecule has 0 spiro atoms. The van der Waals surface area contributed by atoms with Crippen molar-refractivity contribution in [3.63, 3.8) is 0 Å². The Kier molecular flexibility index (Phi) is 4.41. The molecule has 0 aliphatic carbocycles. The van der Waals surface area contributed by atoms with Crippen molar-refractivity contribution in [2.75, 3.05) is 6.61 Å². The van der Waals surface area contributed by atoms with E-state index in [0.717, 1.165) is 5.75 Å². The van der Waals surface area contributed by atoms with Gasteiger partial charge in [0.15, 0.2) is 11.6 Å². The number of benzene rings is 1. The van der Waals surface area contributed by atoms with E-state index in [-0.39, 0.29) is 11.6 Å². The van der Waals surface area contributed by atoms with Crippen LogP contribution in [-0.2, 0) is 0 Å². The van der Waals surface area contributed by atoms with E-state index in [1.54, 1.807) is 18.5 Å². The number of ketones is 1. The van der Waals surface area contributed by atoms with Crippen LogP contribution in [0.2, 0.25) is 0 Å². The quantitative estimate of drug-likeness (QED) is 0.577. The highest BCUT2D eigenvalue weighted by Gasteiger charge is 2.07. The normalized spacial score (nSPS) is 10.0. The summed E-state index contributed by atoms with van der Waals surface area (Å²) in [4.78, 5) is 19.5. The third kappa shape index (κ3) is 3.66. The fourth-order valence-corrected chi connectivity index (χ4v) is 1.49. The molecule has 1 aromatic heterocycles. The van der Waals surface area contributed by atoms with E-state index in [0.29, 0.717) is 19.4 Å². The van der Waals surface area contributed by atoms with Gasteiger partial charge in [0.05, 0.1) is 6.61 Å². The van der Waals surface area contributed by atoms with Crippen LogP contribution in [0.25, 0.3) is 0 Å². The third-order valence-corrected chi connectivity index (χ3v) is 2.38. The van der Waals surface area contributed by atoms with Crippen molar-refractivity contribution in [2.45, 2.75) is 12.8 Å². The lowest BCUT2D eigenvalue weighted by atomic mass is 10.2. The molecule has 0 radical (unpaired) electrons. The van der Waals surface area contributed by atoms with E-state index in [1.165, 1.54) is 0 Å². The molecule has 18 heavy (non-hydrogen) atoms. The lowest BCUT2D eigenvalue weighted by Crippen LogP contribution is -2.07. The minimum absolute atomic E-state index is 0.0488. The maximum absolute atomic E-state index is 11.7. The second-order valence-corrected chi connectivity index (χ2v) is 3.76. The summed E-state index contributed by atoms with van der Waals surface area (Å²) >= 11 is 0. The number of ether oxygens (including phenoxy) is 1. The van der Waals surface area contributed by atoms with Gasteiger partial charge in [-0.25, -0.2) is 9.97 Å². The molecule has 4 heteroatoms. The predicted molar refractivity (Wildman–Crippen MR) is 67.5 cm³/mol. The van der Waals surface area contributed by atoms with Crippen LogP contribution >= 0.6 is 0 Å². The Labute approximate surface area is 106 Å². The third-order valence-electron chi connectivity index (χ3n) is 2.38. The molecule has 0 aliphatic rings. The van der Waals surface area contributed by atoms with Gasteiger partial charge < -0.3 is 4.74 Å². The average molecular weight is 242 g/mol. The van der Waals surface area contributed by atoms with Crippen LogP contribution in [-0.4, -0.2) is 22.4 Å². The molecule has 0 aliphatic heterocycles. The molecule has 1 heterocycles. The lowest BCUT2D eigenvalue weighted by Gasteiger charge is -2.04. The molecular formula is C14H14N2O2. The molecule has 2 rings (SSSR count). The van der Waals surface area contributed by atoms with E-state index in [9.17, 15) is 4.79 Å². The molecular weight excluding hydrogens is 228 g/mol. The van der Waals surface area contributed by atoms with E-state index in [1.807, 2.05) is 30.3 Å². The largest absolute Gasteiger partial charge is 0.494 e. The van der Waals surface area contributed by atoms with Gasteiger partial charge in [0.1, 0.15) is 5.75 Å². The summed E-state index contributed by atoms with van der Waals surface area (Å²) < 4.78 is 5.50. The first-order chi connectivity index (χ1) is 8.86. The van der Waals surface area contributed by atoms with Gasteiger partial charge in [0.2, 0.25) is 0 Å². The number of Topliss-reactive ketones (excluding diaryl/α,β-unsaturated/α-hetero) is 1. The van der Waals surface area contributed by atoms with Crippen molar-refractivity contribution in [1.82, 2.24) is 9.97 Å². The van der Waals surface area contributed by atoms with Gasteiger partial charge in [-0.15, -0.1) is 0 Å². The molecule has 0 N–H and O–H groups in total. The number of carbonyl (C=O) groups excluding carboxylic acids is 1. The lowest BCUT2D eigenvalue weighted by molar-refractivity contribution is 0.0963. The maximum atomic E-state index is 11.7. The van der Waals surface area contributed by atoms with Gasteiger partial charge >= 0.3 is 0 Å². The van der Waals surface area contributed by atoms with Crippen molar-refractivity contribution in [3.8, 4) is 5.75 Å². The van der Waals surface area contributed by atoms with Crippen LogP contribution in [0.3, 0.4) is 0 Å². The number of carbonyl (C=O) groups is 1. The second-order valence-electron chi connectivity index (χ2n) is 3.76. The number of nitrogens with zero attached hydrogens (tertiary/aromatic N) is 2. The molecule has 0 atom stereocenters.